The third-order valence-corrected chi connectivity index (χ3v) is 4.76. The summed E-state index contributed by atoms with van der Waals surface area (Å²) in [4.78, 5) is 24.2. The molecule has 0 saturated heterocycles. The molecule has 0 aliphatic heterocycles. The Bertz CT molecular complexity index is 595. The first-order valence-electron chi connectivity index (χ1n) is 8.79. The summed E-state index contributed by atoms with van der Waals surface area (Å²) in [6, 6.07) is 7.33. The van der Waals surface area contributed by atoms with Crippen molar-refractivity contribution >= 4 is 11.9 Å². The van der Waals surface area contributed by atoms with Gasteiger partial charge in [-0.2, -0.15) is 0 Å². The predicted molar refractivity (Wildman–Crippen MR) is 93.7 cm³/mol. The maximum atomic E-state index is 12.6. The van der Waals surface area contributed by atoms with Gasteiger partial charge >= 0.3 is 5.97 Å². The fourth-order valence-corrected chi connectivity index (χ4v) is 3.42. The Morgan fingerprint density at radius 3 is 2.56 bits per heavy atom. The van der Waals surface area contributed by atoms with Crippen LogP contribution in [0.5, 0.6) is 5.75 Å². The summed E-state index contributed by atoms with van der Waals surface area (Å²) in [5.41, 5.74) is 0.0226. The molecule has 1 atom stereocenters. The number of methoxy groups -OCH3 is 1. The van der Waals surface area contributed by atoms with Crippen LogP contribution >= 0.6 is 0 Å². The lowest BCUT2D eigenvalue weighted by Crippen LogP contribution is -2.49. The van der Waals surface area contributed by atoms with Gasteiger partial charge in [-0.3, -0.25) is 9.59 Å². The van der Waals surface area contributed by atoms with Crippen molar-refractivity contribution in [1.29, 1.82) is 0 Å². The van der Waals surface area contributed by atoms with E-state index in [0.29, 0.717) is 31.6 Å². The van der Waals surface area contributed by atoms with Crippen LogP contribution in [0.25, 0.3) is 0 Å². The van der Waals surface area contributed by atoms with Crippen LogP contribution in [0.3, 0.4) is 0 Å². The van der Waals surface area contributed by atoms with Crippen LogP contribution < -0.4 is 10.1 Å². The maximum Gasteiger partial charge on any atom is 0.308 e. The number of nitrogens with one attached hydrogen (secondary N) is 1. The molecule has 25 heavy (non-hydrogen) atoms. The minimum atomic E-state index is -0.942. The van der Waals surface area contributed by atoms with E-state index in [-0.39, 0.29) is 12.5 Å². The monoisotopic (exact) mass is 349 g/mol. The molecule has 1 aromatic carbocycles. The lowest BCUT2D eigenvalue weighted by molar-refractivity contribution is -0.147. The van der Waals surface area contributed by atoms with Gasteiger partial charge in [0.05, 0.1) is 13.0 Å². The van der Waals surface area contributed by atoms with Crippen molar-refractivity contribution in [1.82, 2.24) is 5.32 Å². The number of hydrogen-bond acceptors (Lipinski definition) is 4. The van der Waals surface area contributed by atoms with Gasteiger partial charge in [0.2, 0.25) is 0 Å². The average Bonchev–Trinajstić information content (AvgIpc) is 3.08. The molecule has 1 amide bonds. The average molecular weight is 349 g/mol. The minimum Gasteiger partial charge on any atom is -0.496 e. The van der Waals surface area contributed by atoms with Gasteiger partial charge in [0.25, 0.3) is 5.91 Å². The second-order valence-electron chi connectivity index (χ2n) is 6.40. The number of carbonyl (C=O) groups excluding carboxylic acids is 1. The van der Waals surface area contributed by atoms with Crippen molar-refractivity contribution < 1.29 is 24.2 Å². The van der Waals surface area contributed by atoms with E-state index >= 15 is 0 Å². The van der Waals surface area contributed by atoms with Crippen LogP contribution in [0.1, 0.15) is 38.2 Å². The van der Waals surface area contributed by atoms with Gasteiger partial charge in [-0.1, -0.05) is 18.2 Å². The van der Waals surface area contributed by atoms with E-state index in [1.165, 1.54) is 0 Å². The van der Waals surface area contributed by atoms with Crippen molar-refractivity contribution in [2.24, 2.45) is 5.92 Å². The van der Waals surface area contributed by atoms with Gasteiger partial charge < -0.3 is 19.9 Å². The lowest BCUT2D eigenvalue weighted by Gasteiger charge is -2.28. The molecule has 1 aliphatic rings. The zero-order valence-electron chi connectivity index (χ0n) is 14.9. The Hall–Kier alpha value is -2.08. The van der Waals surface area contributed by atoms with Crippen molar-refractivity contribution in [3.63, 3.8) is 0 Å². The van der Waals surface area contributed by atoms with E-state index in [2.05, 4.69) is 5.32 Å². The van der Waals surface area contributed by atoms with E-state index in [1.54, 1.807) is 13.2 Å². The summed E-state index contributed by atoms with van der Waals surface area (Å²) in [5.74, 6) is -1.21. The Labute approximate surface area is 148 Å². The normalized spacial score (nSPS) is 17.0. The van der Waals surface area contributed by atoms with E-state index in [9.17, 15) is 14.7 Å². The fraction of sp³-hybridized carbons (Fsp3) is 0.579. The number of para-hydroxylation sites is 1. The highest BCUT2D eigenvalue weighted by atomic mass is 16.5. The molecule has 1 saturated carbocycles. The molecular formula is C19H27NO5. The van der Waals surface area contributed by atoms with Gasteiger partial charge in [0.1, 0.15) is 11.4 Å². The number of carboxylic acid groups (broad SMARTS) is 1. The molecule has 0 aromatic heterocycles. The van der Waals surface area contributed by atoms with Crippen molar-refractivity contribution in [3.8, 4) is 5.75 Å². The van der Waals surface area contributed by atoms with Crippen LogP contribution in [-0.2, 0) is 20.7 Å². The van der Waals surface area contributed by atoms with Crippen LogP contribution in [-0.4, -0.2) is 42.8 Å². The first-order chi connectivity index (χ1) is 12.0. The first-order valence-corrected chi connectivity index (χ1v) is 8.79. The van der Waals surface area contributed by atoms with E-state index in [1.807, 2.05) is 25.1 Å². The highest BCUT2D eigenvalue weighted by molar-refractivity contribution is 5.86. The fourth-order valence-electron chi connectivity index (χ4n) is 3.42. The SMILES string of the molecule is CCOC1(C(=O)NCC(Cc2ccccc2OC)C(=O)O)CCCC1. The summed E-state index contributed by atoms with van der Waals surface area (Å²) in [6.45, 7) is 2.41. The maximum absolute atomic E-state index is 12.6. The molecular weight excluding hydrogens is 322 g/mol. The van der Waals surface area contributed by atoms with E-state index in [0.717, 1.165) is 18.4 Å². The molecule has 0 radical (unpaired) electrons. The topological polar surface area (TPSA) is 84.9 Å². The Kier molecular flexibility index (Phi) is 6.82. The third-order valence-electron chi connectivity index (χ3n) is 4.76. The minimum absolute atomic E-state index is 0.0705. The molecule has 0 bridgehead atoms. The van der Waals surface area contributed by atoms with E-state index in [4.69, 9.17) is 9.47 Å². The number of ether oxygens (including phenoxy) is 2. The molecule has 1 aliphatic carbocycles. The summed E-state index contributed by atoms with van der Waals surface area (Å²) < 4.78 is 11.0. The van der Waals surface area contributed by atoms with Gasteiger partial charge in [-0.25, -0.2) is 0 Å². The molecule has 138 valence electrons. The molecule has 1 unspecified atom stereocenters. The van der Waals surface area contributed by atoms with Crippen molar-refractivity contribution in [3.05, 3.63) is 29.8 Å². The van der Waals surface area contributed by atoms with Gasteiger partial charge in [0, 0.05) is 13.2 Å². The summed E-state index contributed by atoms with van der Waals surface area (Å²) in [6.07, 6.45) is 3.59. The van der Waals surface area contributed by atoms with Crippen molar-refractivity contribution in [2.45, 2.75) is 44.6 Å². The molecule has 0 spiro atoms. The van der Waals surface area contributed by atoms with E-state index < -0.39 is 17.5 Å². The smallest absolute Gasteiger partial charge is 0.308 e. The molecule has 1 aromatic rings. The lowest BCUT2D eigenvalue weighted by atomic mass is 9.97. The highest BCUT2D eigenvalue weighted by Gasteiger charge is 2.42. The first kappa shape index (κ1) is 19.2. The Morgan fingerprint density at radius 2 is 1.96 bits per heavy atom. The number of benzene rings is 1. The number of carbonyl (C=O) groups is 2. The molecule has 6 nitrogen and oxygen atoms in total. The van der Waals surface area contributed by atoms with Crippen LogP contribution in [0.2, 0.25) is 0 Å². The summed E-state index contributed by atoms with van der Waals surface area (Å²) in [7, 11) is 1.56. The molecule has 1 fully saturated rings. The number of hydrogen-bond donors (Lipinski definition) is 2. The second kappa shape index (κ2) is 8.85. The van der Waals surface area contributed by atoms with Crippen LogP contribution in [0.4, 0.5) is 0 Å². The number of carboxylic acids is 1. The second-order valence-corrected chi connectivity index (χ2v) is 6.40. The summed E-state index contributed by atoms with van der Waals surface area (Å²) in [5, 5.41) is 12.3. The van der Waals surface area contributed by atoms with Crippen LogP contribution in [0.15, 0.2) is 24.3 Å². The molecule has 2 N–H and O–H groups in total. The van der Waals surface area contributed by atoms with Gasteiger partial charge in [-0.15, -0.1) is 0 Å². The largest absolute Gasteiger partial charge is 0.496 e. The van der Waals surface area contributed by atoms with Gasteiger partial charge in [-0.05, 0) is 50.7 Å². The van der Waals surface area contributed by atoms with Crippen molar-refractivity contribution in [2.75, 3.05) is 20.3 Å². The summed E-state index contributed by atoms with van der Waals surface area (Å²) >= 11 is 0. The standard InChI is InChI=1S/C19H27NO5/c1-3-25-19(10-6-7-11-19)18(23)20-13-15(17(21)22)12-14-8-4-5-9-16(14)24-2/h4-5,8-9,15H,3,6-7,10-13H2,1-2H3,(H,20,23)(H,21,22). The van der Waals surface area contributed by atoms with Gasteiger partial charge in [0.15, 0.2) is 0 Å². The quantitative estimate of drug-likeness (QED) is 0.715. The number of amides is 1. The third kappa shape index (κ3) is 4.72. The number of rotatable bonds is 9. The predicted octanol–water partition coefficient (Wildman–Crippen LogP) is 2.40. The zero-order valence-corrected chi connectivity index (χ0v) is 14.9. The Morgan fingerprint density at radius 1 is 1.28 bits per heavy atom. The molecule has 2 rings (SSSR count). The molecule has 6 heteroatoms. The molecule has 0 heterocycles. The number of aliphatic carboxylic acids is 1. The van der Waals surface area contributed by atoms with Crippen LogP contribution in [0, 0.1) is 5.92 Å². The zero-order chi connectivity index (χ0) is 18.3. The Balaban J connectivity index is 2.02. The highest BCUT2D eigenvalue weighted by Crippen LogP contribution is 2.33.